The van der Waals surface area contributed by atoms with Crippen LogP contribution in [0.15, 0.2) is 53.2 Å². The molecule has 2 bridgehead atoms. The number of nitrogens with zero attached hydrogens (tertiary/aromatic N) is 3. The molecule has 4 heterocycles. The van der Waals surface area contributed by atoms with Gasteiger partial charge in [0.1, 0.15) is 0 Å². The summed E-state index contributed by atoms with van der Waals surface area (Å²) in [7, 11) is 0. The van der Waals surface area contributed by atoms with E-state index in [1.807, 2.05) is 0 Å². The molecule has 2 saturated heterocycles. The average molecular weight is 428 g/mol. The van der Waals surface area contributed by atoms with Crippen LogP contribution in [0, 0.1) is 5.95 Å². The Kier molecular flexibility index (Phi) is 4.60. The summed E-state index contributed by atoms with van der Waals surface area (Å²) in [5, 5.41) is 15.8. The number of rotatable bonds is 3. The van der Waals surface area contributed by atoms with E-state index in [1.54, 1.807) is 47.4 Å². The molecule has 2 atom stereocenters. The Labute approximate surface area is 177 Å². The van der Waals surface area contributed by atoms with Gasteiger partial charge in [-0.05, 0) is 43.2 Å². The highest BCUT2D eigenvalue weighted by Crippen LogP contribution is 2.46. The van der Waals surface area contributed by atoms with E-state index in [0.717, 1.165) is 18.4 Å². The van der Waals surface area contributed by atoms with Crippen molar-refractivity contribution < 1.29 is 18.8 Å². The van der Waals surface area contributed by atoms with Crippen LogP contribution in [0.5, 0.6) is 0 Å². The van der Waals surface area contributed by atoms with E-state index >= 15 is 0 Å². The summed E-state index contributed by atoms with van der Waals surface area (Å²) in [5.41, 5.74) is -0.150. The number of hydrogen-bond acceptors (Lipinski definition) is 5. The molecule has 3 aromatic rings. The number of pyridine rings is 1. The van der Waals surface area contributed by atoms with Crippen LogP contribution in [-0.4, -0.2) is 38.1 Å². The van der Waals surface area contributed by atoms with Crippen molar-refractivity contribution in [3.63, 3.8) is 0 Å². The van der Waals surface area contributed by atoms with Crippen LogP contribution in [0.25, 0.3) is 11.3 Å². The number of benzene rings is 1. The van der Waals surface area contributed by atoms with E-state index in [0.29, 0.717) is 10.8 Å². The molecule has 0 unspecified atom stereocenters. The first-order valence-electron chi connectivity index (χ1n) is 9.83. The van der Waals surface area contributed by atoms with Gasteiger partial charge in [-0.25, -0.2) is 4.98 Å². The molecule has 5 rings (SSSR count). The number of aliphatic hydroxyl groups is 1. The first-order valence-corrected chi connectivity index (χ1v) is 10.2. The molecule has 0 aliphatic carbocycles. The Morgan fingerprint density at radius 2 is 1.90 bits per heavy atom. The topological polar surface area (TPSA) is 79.5 Å². The van der Waals surface area contributed by atoms with Crippen molar-refractivity contribution in [3.05, 3.63) is 70.9 Å². The second-order valence-corrected chi connectivity index (χ2v) is 8.40. The van der Waals surface area contributed by atoms with E-state index in [2.05, 4.69) is 10.1 Å². The number of hydrogen-bond donors (Lipinski definition) is 1. The van der Waals surface area contributed by atoms with Crippen LogP contribution in [-0.2, 0) is 5.60 Å². The van der Waals surface area contributed by atoms with Gasteiger partial charge in [-0.1, -0.05) is 22.8 Å². The van der Waals surface area contributed by atoms with E-state index in [9.17, 15) is 14.3 Å². The minimum atomic E-state index is -1.33. The fraction of sp³-hybridized carbons (Fsp3) is 0.318. The quantitative estimate of drug-likeness (QED) is 0.634. The maximum Gasteiger partial charge on any atom is 0.276 e. The third-order valence-corrected chi connectivity index (χ3v) is 6.37. The molecule has 30 heavy (non-hydrogen) atoms. The van der Waals surface area contributed by atoms with Gasteiger partial charge >= 0.3 is 0 Å². The molecule has 0 saturated carbocycles. The molecule has 2 aliphatic heterocycles. The molecule has 1 aromatic carbocycles. The Morgan fingerprint density at radius 3 is 2.57 bits per heavy atom. The molecule has 154 valence electrons. The van der Waals surface area contributed by atoms with Crippen LogP contribution in [0.2, 0.25) is 5.02 Å². The van der Waals surface area contributed by atoms with Crippen LogP contribution < -0.4 is 0 Å². The standard InChI is InChI=1S/C22H19ClFN3O3/c23-14-5-3-13(4-6-14)19-10-18(26-30-19)21(28)27-15-7-8-16(27)12-22(29,11-15)17-2-1-9-25-20(17)24/h1-6,9-10,15-16,29H,7-8,11-12H2/t15-,16-/m0/s1. The smallest absolute Gasteiger partial charge is 0.276 e. The Morgan fingerprint density at radius 1 is 1.20 bits per heavy atom. The maximum absolute atomic E-state index is 14.2. The van der Waals surface area contributed by atoms with Crippen molar-refractivity contribution in [1.29, 1.82) is 0 Å². The highest BCUT2D eigenvalue weighted by molar-refractivity contribution is 6.30. The second kappa shape index (κ2) is 7.18. The SMILES string of the molecule is O=C(c1cc(-c2ccc(Cl)cc2)on1)N1[C@H]2CC[C@H]1CC(O)(c1cccnc1F)C2. The molecule has 0 spiro atoms. The number of amides is 1. The van der Waals surface area contributed by atoms with Gasteiger partial charge in [-0.15, -0.1) is 0 Å². The van der Waals surface area contributed by atoms with E-state index in [4.69, 9.17) is 16.1 Å². The van der Waals surface area contributed by atoms with Crippen LogP contribution in [0.1, 0.15) is 41.7 Å². The van der Waals surface area contributed by atoms with Crippen LogP contribution in [0.3, 0.4) is 0 Å². The highest BCUT2D eigenvalue weighted by Gasteiger charge is 2.51. The molecule has 2 aromatic heterocycles. The predicted octanol–water partition coefficient (Wildman–Crippen LogP) is 4.18. The average Bonchev–Trinajstić information content (AvgIpc) is 3.32. The van der Waals surface area contributed by atoms with Crippen LogP contribution >= 0.6 is 11.6 Å². The first kappa shape index (κ1) is 19.2. The summed E-state index contributed by atoms with van der Waals surface area (Å²) in [6, 6.07) is 11.5. The molecule has 1 N–H and O–H groups in total. The lowest BCUT2D eigenvalue weighted by atomic mass is 9.81. The lowest BCUT2D eigenvalue weighted by Gasteiger charge is -2.43. The maximum atomic E-state index is 14.2. The van der Waals surface area contributed by atoms with Crippen molar-refractivity contribution in [1.82, 2.24) is 15.0 Å². The van der Waals surface area contributed by atoms with Crippen molar-refractivity contribution in [2.24, 2.45) is 0 Å². The zero-order chi connectivity index (χ0) is 20.9. The van der Waals surface area contributed by atoms with Crippen molar-refractivity contribution in [2.45, 2.75) is 43.4 Å². The molecule has 0 radical (unpaired) electrons. The first-order chi connectivity index (χ1) is 14.4. The molecule has 8 heteroatoms. The summed E-state index contributed by atoms with van der Waals surface area (Å²) in [6.07, 6.45) is 3.39. The summed E-state index contributed by atoms with van der Waals surface area (Å²) in [4.78, 5) is 18.6. The minimum Gasteiger partial charge on any atom is -0.385 e. The lowest BCUT2D eigenvalue weighted by molar-refractivity contribution is -0.0506. The Hall–Kier alpha value is -2.77. The minimum absolute atomic E-state index is 0.195. The predicted molar refractivity (Wildman–Crippen MR) is 107 cm³/mol. The largest absolute Gasteiger partial charge is 0.385 e. The molecule has 1 amide bonds. The van der Waals surface area contributed by atoms with E-state index in [1.165, 1.54) is 6.20 Å². The lowest BCUT2D eigenvalue weighted by Crippen LogP contribution is -2.52. The number of carbonyl (C=O) groups is 1. The summed E-state index contributed by atoms with van der Waals surface area (Å²) in [5.74, 6) is -0.420. The van der Waals surface area contributed by atoms with Gasteiger partial charge < -0.3 is 14.5 Å². The molecule has 6 nitrogen and oxygen atoms in total. The van der Waals surface area contributed by atoms with Crippen molar-refractivity contribution >= 4 is 17.5 Å². The zero-order valence-electron chi connectivity index (χ0n) is 16.0. The molecular formula is C22H19ClFN3O3. The number of piperidine rings is 1. The van der Waals surface area contributed by atoms with Gasteiger partial charge in [0.25, 0.3) is 5.91 Å². The Bertz CT molecular complexity index is 1090. The zero-order valence-corrected chi connectivity index (χ0v) is 16.7. The van der Waals surface area contributed by atoms with E-state index < -0.39 is 11.5 Å². The summed E-state index contributed by atoms with van der Waals surface area (Å²) in [6.45, 7) is 0. The van der Waals surface area contributed by atoms with Gasteiger partial charge in [0.05, 0.1) is 5.60 Å². The highest BCUT2D eigenvalue weighted by atomic mass is 35.5. The fourth-order valence-corrected chi connectivity index (χ4v) is 4.89. The normalized spacial score (nSPS) is 25.5. The van der Waals surface area contributed by atoms with Gasteiger partial charge in [-0.2, -0.15) is 4.39 Å². The Balaban J connectivity index is 1.38. The van der Waals surface area contributed by atoms with Crippen LogP contribution in [0.4, 0.5) is 4.39 Å². The number of aromatic nitrogens is 2. The number of halogens is 2. The second-order valence-electron chi connectivity index (χ2n) is 7.96. The van der Waals surface area contributed by atoms with Gasteiger partial charge in [0.2, 0.25) is 5.95 Å². The van der Waals surface area contributed by atoms with Gasteiger partial charge in [0.15, 0.2) is 11.5 Å². The van der Waals surface area contributed by atoms with E-state index in [-0.39, 0.29) is 42.1 Å². The number of fused-ring (bicyclic) bond motifs is 2. The monoisotopic (exact) mass is 427 g/mol. The van der Waals surface area contributed by atoms with Gasteiger partial charge in [-0.3, -0.25) is 4.79 Å². The molecular weight excluding hydrogens is 409 g/mol. The summed E-state index contributed by atoms with van der Waals surface area (Å²) >= 11 is 5.92. The third kappa shape index (κ3) is 3.18. The third-order valence-electron chi connectivity index (χ3n) is 6.12. The summed E-state index contributed by atoms with van der Waals surface area (Å²) < 4.78 is 19.6. The molecule has 2 aliphatic rings. The molecule has 2 fully saturated rings. The number of carbonyl (C=O) groups excluding carboxylic acids is 1. The fourth-order valence-electron chi connectivity index (χ4n) is 4.77. The van der Waals surface area contributed by atoms with Gasteiger partial charge in [0, 0.05) is 53.3 Å². The van der Waals surface area contributed by atoms with Crippen molar-refractivity contribution in [2.75, 3.05) is 0 Å². The van der Waals surface area contributed by atoms with Crippen molar-refractivity contribution in [3.8, 4) is 11.3 Å².